The maximum absolute atomic E-state index is 11.4. The van der Waals surface area contributed by atoms with E-state index in [0.717, 1.165) is 0 Å². The molecule has 116 valence electrons. The predicted molar refractivity (Wildman–Crippen MR) is 72.1 cm³/mol. The van der Waals surface area contributed by atoms with E-state index >= 15 is 0 Å². The molecule has 0 rings (SSSR count). The molecule has 0 aliphatic carbocycles. The highest BCUT2D eigenvalue weighted by Gasteiger charge is 2.24. The number of aliphatic hydroxyl groups is 1. The summed E-state index contributed by atoms with van der Waals surface area (Å²) >= 11 is 0. The zero-order valence-electron chi connectivity index (χ0n) is 12.0. The Balaban J connectivity index is 3.89. The van der Waals surface area contributed by atoms with E-state index in [1.807, 2.05) is 13.8 Å². The second-order valence-corrected chi connectivity index (χ2v) is 5.30. The highest BCUT2D eigenvalue weighted by molar-refractivity contribution is 5.83. The van der Waals surface area contributed by atoms with E-state index in [0.29, 0.717) is 12.5 Å². The summed E-state index contributed by atoms with van der Waals surface area (Å²) in [5, 5.41) is 25.5. The molecule has 0 spiro atoms. The Morgan fingerprint density at radius 2 is 1.75 bits per heavy atom. The molecule has 5 N–H and O–H groups in total. The molecule has 3 amide bonds. The molecular formula is C12H23N3O5. The van der Waals surface area contributed by atoms with Crippen molar-refractivity contribution in [2.45, 2.75) is 32.8 Å². The van der Waals surface area contributed by atoms with Gasteiger partial charge in [-0.15, -0.1) is 0 Å². The molecule has 0 saturated carbocycles. The zero-order valence-corrected chi connectivity index (χ0v) is 12.0. The Labute approximate surface area is 117 Å². The Morgan fingerprint density at radius 3 is 2.25 bits per heavy atom. The van der Waals surface area contributed by atoms with Crippen LogP contribution in [-0.4, -0.2) is 53.4 Å². The molecule has 0 aromatic carbocycles. The van der Waals surface area contributed by atoms with Crippen LogP contribution in [0.15, 0.2) is 0 Å². The van der Waals surface area contributed by atoms with E-state index in [-0.39, 0.29) is 19.0 Å². The van der Waals surface area contributed by atoms with Gasteiger partial charge in [0.05, 0.1) is 18.6 Å². The number of carbonyl (C=O) groups is 3. The van der Waals surface area contributed by atoms with Crippen LogP contribution in [0.2, 0.25) is 0 Å². The highest BCUT2D eigenvalue weighted by Crippen LogP contribution is 2.06. The molecule has 0 bridgehead atoms. The van der Waals surface area contributed by atoms with Crippen molar-refractivity contribution in [1.29, 1.82) is 0 Å². The summed E-state index contributed by atoms with van der Waals surface area (Å²) in [6.45, 7) is 5.32. The van der Waals surface area contributed by atoms with Gasteiger partial charge in [-0.3, -0.25) is 9.59 Å². The maximum atomic E-state index is 11.4. The van der Waals surface area contributed by atoms with Gasteiger partial charge >= 0.3 is 12.0 Å². The third kappa shape index (κ3) is 10.1. The van der Waals surface area contributed by atoms with Gasteiger partial charge in [0.1, 0.15) is 0 Å². The van der Waals surface area contributed by atoms with E-state index < -0.39 is 24.0 Å². The molecule has 1 unspecified atom stereocenters. The fourth-order valence-corrected chi connectivity index (χ4v) is 1.26. The largest absolute Gasteiger partial charge is 0.481 e. The number of carbonyl (C=O) groups excluding carboxylic acids is 2. The number of rotatable bonds is 8. The minimum Gasteiger partial charge on any atom is -0.481 e. The predicted octanol–water partition coefficient (Wildman–Crippen LogP) is -0.716. The number of hydrogen-bond donors (Lipinski definition) is 5. The Bertz CT molecular complexity index is 355. The minimum atomic E-state index is -1.54. The van der Waals surface area contributed by atoms with Crippen molar-refractivity contribution in [3.05, 3.63) is 0 Å². The molecule has 8 heteroatoms. The van der Waals surface area contributed by atoms with Crippen molar-refractivity contribution in [2.24, 2.45) is 5.92 Å². The smallest absolute Gasteiger partial charge is 0.315 e. The molecule has 0 radical (unpaired) electrons. The van der Waals surface area contributed by atoms with Crippen LogP contribution in [-0.2, 0) is 9.59 Å². The number of amides is 3. The summed E-state index contributed by atoms with van der Waals surface area (Å²) in [5.41, 5.74) is -1.54. The summed E-state index contributed by atoms with van der Waals surface area (Å²) in [7, 11) is 0. The van der Waals surface area contributed by atoms with Gasteiger partial charge in [-0.2, -0.15) is 0 Å². The lowest BCUT2D eigenvalue weighted by Gasteiger charge is -2.21. The molecule has 8 nitrogen and oxygen atoms in total. The second-order valence-electron chi connectivity index (χ2n) is 5.30. The van der Waals surface area contributed by atoms with Crippen LogP contribution in [0.5, 0.6) is 0 Å². The fraction of sp³-hybridized carbons (Fsp3) is 0.750. The number of carboxylic acids is 1. The highest BCUT2D eigenvalue weighted by atomic mass is 16.4. The van der Waals surface area contributed by atoms with Gasteiger partial charge in [-0.1, -0.05) is 13.8 Å². The molecular weight excluding hydrogens is 266 g/mol. The zero-order chi connectivity index (χ0) is 15.8. The van der Waals surface area contributed by atoms with Crippen LogP contribution < -0.4 is 16.0 Å². The van der Waals surface area contributed by atoms with Crippen molar-refractivity contribution in [3.8, 4) is 0 Å². The first-order valence-corrected chi connectivity index (χ1v) is 6.35. The molecule has 0 heterocycles. The summed E-state index contributed by atoms with van der Waals surface area (Å²) in [4.78, 5) is 33.1. The Hall–Kier alpha value is -1.83. The maximum Gasteiger partial charge on any atom is 0.315 e. The van der Waals surface area contributed by atoms with Crippen molar-refractivity contribution >= 4 is 17.9 Å². The van der Waals surface area contributed by atoms with Gasteiger partial charge in [0.2, 0.25) is 5.91 Å². The number of aliphatic carboxylic acids is 1. The minimum absolute atomic E-state index is 0.181. The van der Waals surface area contributed by atoms with Crippen LogP contribution in [0, 0.1) is 5.92 Å². The first kappa shape index (κ1) is 18.2. The van der Waals surface area contributed by atoms with Gasteiger partial charge < -0.3 is 26.2 Å². The van der Waals surface area contributed by atoms with Crippen LogP contribution in [0.4, 0.5) is 4.79 Å². The Kier molecular flexibility index (Phi) is 7.60. The summed E-state index contributed by atoms with van der Waals surface area (Å²) in [5.74, 6) is -1.16. The first-order chi connectivity index (χ1) is 9.12. The molecule has 0 aromatic rings. The third-order valence-corrected chi connectivity index (χ3v) is 2.28. The summed E-state index contributed by atoms with van der Waals surface area (Å²) in [6, 6.07) is -0.643. The lowest BCUT2D eigenvalue weighted by atomic mass is 10.0. The third-order valence-electron chi connectivity index (χ3n) is 2.28. The second kappa shape index (κ2) is 8.36. The average Bonchev–Trinajstić information content (AvgIpc) is 2.29. The first-order valence-electron chi connectivity index (χ1n) is 6.35. The van der Waals surface area contributed by atoms with Crippen molar-refractivity contribution in [3.63, 3.8) is 0 Å². The number of carboxylic acid groups (broad SMARTS) is 1. The van der Waals surface area contributed by atoms with E-state index in [2.05, 4.69) is 16.0 Å². The number of urea groups is 1. The van der Waals surface area contributed by atoms with E-state index in [1.54, 1.807) is 0 Å². The molecule has 20 heavy (non-hydrogen) atoms. The van der Waals surface area contributed by atoms with Gasteiger partial charge in [0.25, 0.3) is 0 Å². The van der Waals surface area contributed by atoms with E-state index in [1.165, 1.54) is 6.92 Å². The number of nitrogens with one attached hydrogen (secondary N) is 3. The van der Waals surface area contributed by atoms with E-state index in [4.69, 9.17) is 5.11 Å². The number of hydrogen-bond acceptors (Lipinski definition) is 4. The SMILES string of the molecule is CC(C)CNC(=O)CNC(=O)NCC(C)(O)CC(=O)O. The molecule has 0 aromatic heterocycles. The van der Waals surface area contributed by atoms with Crippen molar-refractivity contribution in [1.82, 2.24) is 16.0 Å². The fourth-order valence-electron chi connectivity index (χ4n) is 1.26. The van der Waals surface area contributed by atoms with Gasteiger partial charge in [-0.05, 0) is 12.8 Å². The van der Waals surface area contributed by atoms with Gasteiger partial charge in [0, 0.05) is 13.1 Å². The lowest BCUT2D eigenvalue weighted by Crippen LogP contribution is -2.48. The summed E-state index contributed by atoms with van der Waals surface area (Å²) in [6.07, 6.45) is -0.484. The van der Waals surface area contributed by atoms with Gasteiger partial charge in [0.15, 0.2) is 0 Å². The van der Waals surface area contributed by atoms with Crippen LogP contribution >= 0.6 is 0 Å². The molecule has 0 fully saturated rings. The lowest BCUT2D eigenvalue weighted by molar-refractivity contribution is -0.141. The standard InChI is InChI=1S/C12H23N3O5/c1-8(2)5-13-9(16)6-14-11(19)15-7-12(3,20)4-10(17)18/h8,20H,4-7H2,1-3H3,(H,13,16)(H,17,18)(H2,14,15,19). The quantitative estimate of drug-likeness (QED) is 0.403. The Morgan fingerprint density at radius 1 is 1.15 bits per heavy atom. The molecule has 0 saturated heterocycles. The van der Waals surface area contributed by atoms with Crippen molar-refractivity contribution in [2.75, 3.05) is 19.6 Å². The average molecular weight is 289 g/mol. The molecule has 0 aliphatic rings. The monoisotopic (exact) mass is 289 g/mol. The summed E-state index contributed by atoms with van der Waals surface area (Å²) < 4.78 is 0. The van der Waals surface area contributed by atoms with Crippen LogP contribution in [0.1, 0.15) is 27.2 Å². The van der Waals surface area contributed by atoms with Crippen molar-refractivity contribution < 1.29 is 24.6 Å². The van der Waals surface area contributed by atoms with Crippen LogP contribution in [0.25, 0.3) is 0 Å². The van der Waals surface area contributed by atoms with E-state index in [9.17, 15) is 19.5 Å². The van der Waals surface area contributed by atoms with Crippen LogP contribution in [0.3, 0.4) is 0 Å². The molecule has 0 aliphatic heterocycles. The van der Waals surface area contributed by atoms with Gasteiger partial charge in [-0.25, -0.2) is 4.79 Å². The topological polar surface area (TPSA) is 128 Å². The normalized spacial score (nSPS) is 13.4. The molecule has 1 atom stereocenters.